The van der Waals surface area contributed by atoms with Crippen LogP contribution in [0, 0.1) is 0 Å². The molecule has 2 aromatic heterocycles. The van der Waals surface area contributed by atoms with Gasteiger partial charge in [-0.25, -0.2) is 9.78 Å². The lowest BCUT2D eigenvalue weighted by Crippen LogP contribution is -2.28. The van der Waals surface area contributed by atoms with Gasteiger partial charge in [-0.3, -0.25) is 19.1 Å². The van der Waals surface area contributed by atoms with Crippen LogP contribution in [0.3, 0.4) is 0 Å². The van der Waals surface area contributed by atoms with Gasteiger partial charge in [0.15, 0.2) is 5.65 Å². The molecule has 9 heteroatoms. The third-order valence-corrected chi connectivity index (χ3v) is 4.41. The van der Waals surface area contributed by atoms with E-state index < -0.39 is 11.2 Å². The Bertz CT molecular complexity index is 1100. The average molecular weight is 371 g/mol. The molecule has 1 aromatic carbocycles. The van der Waals surface area contributed by atoms with Crippen LogP contribution in [0.5, 0.6) is 5.75 Å². The largest absolute Gasteiger partial charge is 0.496 e. The van der Waals surface area contributed by atoms with Crippen LogP contribution in [0.25, 0.3) is 11.2 Å². The van der Waals surface area contributed by atoms with Crippen molar-refractivity contribution in [3.05, 3.63) is 56.5 Å². The third-order valence-electron chi connectivity index (χ3n) is 4.41. The van der Waals surface area contributed by atoms with Crippen LogP contribution in [-0.4, -0.2) is 44.5 Å². The second kappa shape index (κ2) is 7.48. The minimum absolute atomic E-state index is 0.0656. The number of rotatable bonds is 6. The molecular formula is C18H21N5O4. The number of H-pyrrole nitrogens is 2. The number of fused-ring (bicyclic) bond motifs is 1. The van der Waals surface area contributed by atoms with Crippen molar-refractivity contribution in [2.45, 2.75) is 19.4 Å². The fourth-order valence-electron chi connectivity index (χ4n) is 2.86. The number of benzene rings is 1. The number of nitrogens with one attached hydrogen (secondary N) is 2. The van der Waals surface area contributed by atoms with Gasteiger partial charge < -0.3 is 14.6 Å². The van der Waals surface area contributed by atoms with Gasteiger partial charge in [0, 0.05) is 39.0 Å². The van der Waals surface area contributed by atoms with E-state index in [0.29, 0.717) is 18.8 Å². The first-order valence-corrected chi connectivity index (χ1v) is 8.44. The molecule has 142 valence electrons. The van der Waals surface area contributed by atoms with Gasteiger partial charge in [-0.15, -0.1) is 0 Å². The van der Waals surface area contributed by atoms with Gasteiger partial charge in [0.2, 0.25) is 5.91 Å². The molecule has 3 aromatic rings. The minimum Gasteiger partial charge on any atom is -0.496 e. The van der Waals surface area contributed by atoms with E-state index in [1.54, 1.807) is 19.1 Å². The lowest BCUT2D eigenvalue weighted by molar-refractivity contribution is -0.130. The maximum absolute atomic E-state index is 12.4. The molecule has 0 aliphatic heterocycles. The van der Waals surface area contributed by atoms with Crippen molar-refractivity contribution in [3.8, 4) is 5.75 Å². The van der Waals surface area contributed by atoms with Crippen molar-refractivity contribution in [3.63, 3.8) is 0 Å². The Balaban J connectivity index is 1.69. The predicted molar refractivity (Wildman–Crippen MR) is 99.7 cm³/mol. The molecule has 0 aliphatic rings. The summed E-state index contributed by atoms with van der Waals surface area (Å²) in [6.45, 7) is 0.428. The molecule has 1 amide bonds. The zero-order chi connectivity index (χ0) is 19.6. The van der Waals surface area contributed by atoms with Gasteiger partial charge in [-0.05, 0) is 6.07 Å². The van der Waals surface area contributed by atoms with Gasteiger partial charge in [-0.2, -0.15) is 0 Å². The standard InChI is InChI=1S/C18H21N5O4/c1-22(10-11-6-4-5-7-12(11)27-3)14(24)9-8-13-19-15-16(20-13)23(2)18(26)21-17(15)25/h4-7H,8-10H2,1-3H3,(H,19,20)(H,21,25,26). The lowest BCUT2D eigenvalue weighted by Gasteiger charge is -2.18. The van der Waals surface area contributed by atoms with E-state index >= 15 is 0 Å². The lowest BCUT2D eigenvalue weighted by atomic mass is 10.2. The van der Waals surface area contributed by atoms with Gasteiger partial charge in [-0.1, -0.05) is 18.2 Å². The summed E-state index contributed by atoms with van der Waals surface area (Å²) in [6.07, 6.45) is 0.550. The number of carbonyl (C=O) groups is 1. The highest BCUT2D eigenvalue weighted by Crippen LogP contribution is 2.19. The summed E-state index contributed by atoms with van der Waals surface area (Å²) < 4.78 is 6.56. The van der Waals surface area contributed by atoms with Crippen LogP contribution in [0.2, 0.25) is 0 Å². The van der Waals surface area contributed by atoms with Crippen molar-refractivity contribution in [1.82, 2.24) is 24.4 Å². The van der Waals surface area contributed by atoms with E-state index in [-0.39, 0.29) is 23.5 Å². The second-order valence-electron chi connectivity index (χ2n) is 6.26. The molecule has 0 saturated heterocycles. The Labute approximate surface area is 154 Å². The molecule has 2 N–H and O–H groups in total. The summed E-state index contributed by atoms with van der Waals surface area (Å²) in [5.74, 6) is 1.15. The number of carbonyl (C=O) groups excluding carboxylic acids is 1. The fraction of sp³-hybridized carbons (Fsp3) is 0.333. The summed E-state index contributed by atoms with van der Waals surface area (Å²) in [4.78, 5) is 46.9. The molecule has 27 heavy (non-hydrogen) atoms. The average Bonchev–Trinajstić information content (AvgIpc) is 3.09. The molecule has 2 heterocycles. The Hall–Kier alpha value is -3.36. The first kappa shape index (κ1) is 18.4. The highest BCUT2D eigenvalue weighted by Gasteiger charge is 2.15. The Morgan fingerprint density at radius 3 is 2.74 bits per heavy atom. The van der Waals surface area contributed by atoms with Crippen LogP contribution in [0.1, 0.15) is 17.8 Å². The smallest absolute Gasteiger partial charge is 0.329 e. The van der Waals surface area contributed by atoms with Gasteiger partial charge in [0.05, 0.1) is 7.11 Å². The number of ether oxygens (including phenoxy) is 1. The van der Waals surface area contributed by atoms with Crippen LogP contribution < -0.4 is 16.0 Å². The molecule has 0 atom stereocenters. The third kappa shape index (κ3) is 3.76. The molecule has 0 spiro atoms. The van der Waals surface area contributed by atoms with Crippen LogP contribution >= 0.6 is 0 Å². The highest BCUT2D eigenvalue weighted by atomic mass is 16.5. The van der Waals surface area contributed by atoms with Crippen molar-refractivity contribution < 1.29 is 9.53 Å². The van der Waals surface area contributed by atoms with E-state index in [4.69, 9.17) is 4.74 Å². The quantitative estimate of drug-likeness (QED) is 0.657. The number of imidazole rings is 1. The molecule has 9 nitrogen and oxygen atoms in total. The fourth-order valence-corrected chi connectivity index (χ4v) is 2.86. The number of para-hydroxylation sites is 1. The molecule has 0 bridgehead atoms. The van der Waals surface area contributed by atoms with Crippen LogP contribution in [0.4, 0.5) is 0 Å². The molecule has 0 saturated carbocycles. The first-order valence-electron chi connectivity index (χ1n) is 8.44. The molecule has 0 fully saturated rings. The number of nitrogens with zero attached hydrogens (tertiary/aromatic N) is 3. The van der Waals surface area contributed by atoms with Crippen molar-refractivity contribution >= 4 is 17.1 Å². The molecule has 0 unspecified atom stereocenters. The number of aryl methyl sites for hydroxylation is 2. The maximum Gasteiger partial charge on any atom is 0.329 e. The number of aromatic amines is 2. The van der Waals surface area contributed by atoms with Crippen molar-refractivity contribution in [2.75, 3.05) is 14.2 Å². The maximum atomic E-state index is 12.4. The number of methoxy groups -OCH3 is 1. The van der Waals surface area contributed by atoms with Gasteiger partial charge in [0.1, 0.15) is 17.1 Å². The predicted octanol–water partition coefficient (Wildman–Crippen LogP) is 0.550. The minimum atomic E-state index is -0.529. The van der Waals surface area contributed by atoms with E-state index in [1.165, 1.54) is 11.6 Å². The number of aromatic nitrogens is 4. The first-order chi connectivity index (χ1) is 12.9. The van der Waals surface area contributed by atoms with Gasteiger partial charge >= 0.3 is 5.69 Å². The van der Waals surface area contributed by atoms with Crippen molar-refractivity contribution in [1.29, 1.82) is 0 Å². The van der Waals surface area contributed by atoms with E-state index in [9.17, 15) is 14.4 Å². The number of hydrogen-bond acceptors (Lipinski definition) is 5. The monoisotopic (exact) mass is 371 g/mol. The van der Waals surface area contributed by atoms with Gasteiger partial charge in [0.25, 0.3) is 5.56 Å². The Morgan fingerprint density at radius 2 is 2.00 bits per heavy atom. The molecule has 0 aliphatic carbocycles. The zero-order valence-corrected chi connectivity index (χ0v) is 15.4. The summed E-state index contributed by atoms with van der Waals surface area (Å²) >= 11 is 0. The Morgan fingerprint density at radius 1 is 1.26 bits per heavy atom. The zero-order valence-electron chi connectivity index (χ0n) is 15.4. The topological polar surface area (TPSA) is 113 Å². The summed E-state index contributed by atoms with van der Waals surface area (Å²) in [7, 11) is 4.84. The van der Waals surface area contributed by atoms with Crippen molar-refractivity contribution in [2.24, 2.45) is 7.05 Å². The second-order valence-corrected chi connectivity index (χ2v) is 6.26. The van der Waals surface area contributed by atoms with E-state index in [1.807, 2.05) is 24.3 Å². The SMILES string of the molecule is COc1ccccc1CN(C)C(=O)CCc1nc2c([nH]1)c(=O)[nH]c(=O)n2C. The molecule has 0 radical (unpaired) electrons. The number of amides is 1. The highest BCUT2D eigenvalue weighted by molar-refractivity contribution is 5.76. The van der Waals surface area contributed by atoms with E-state index in [2.05, 4.69) is 15.0 Å². The molecule has 3 rings (SSSR count). The Kier molecular flexibility index (Phi) is 5.11. The number of hydrogen-bond donors (Lipinski definition) is 2. The summed E-state index contributed by atoms with van der Waals surface area (Å²) in [6, 6.07) is 7.53. The van der Waals surface area contributed by atoms with Crippen LogP contribution in [-0.2, 0) is 24.8 Å². The van der Waals surface area contributed by atoms with E-state index in [0.717, 1.165) is 11.3 Å². The summed E-state index contributed by atoms with van der Waals surface area (Å²) in [5.41, 5.74) is 0.362. The summed E-state index contributed by atoms with van der Waals surface area (Å²) in [5, 5.41) is 0. The normalized spacial score (nSPS) is 10.9. The molecular weight excluding hydrogens is 350 g/mol. The van der Waals surface area contributed by atoms with Crippen LogP contribution in [0.15, 0.2) is 33.9 Å².